The number of carbonyl (C=O) groups is 1. The van der Waals surface area contributed by atoms with Crippen LogP contribution in [0, 0.1) is 10.1 Å². The lowest BCUT2D eigenvalue weighted by Gasteiger charge is -1.87. The highest BCUT2D eigenvalue weighted by molar-refractivity contribution is 5.57. The van der Waals surface area contributed by atoms with Gasteiger partial charge in [0.05, 0.1) is 0 Å². The predicted octanol–water partition coefficient (Wildman–Crippen LogP) is -0.196. The molecule has 8 heavy (non-hydrogen) atoms. The van der Waals surface area contributed by atoms with Gasteiger partial charge in [-0.3, -0.25) is 4.89 Å². The second-order valence-electron chi connectivity index (χ2n) is 0.656. The molecule has 0 aliphatic heterocycles. The van der Waals surface area contributed by atoms with Crippen molar-refractivity contribution in [1.29, 1.82) is 0 Å². The normalized spacial score (nSPS) is 7.62. The molecule has 0 rings (SSSR count). The second-order valence-corrected chi connectivity index (χ2v) is 0.656. The Labute approximate surface area is 42.5 Å². The topological polar surface area (TPSA) is 98.9 Å². The summed E-state index contributed by atoms with van der Waals surface area (Å²) in [4.78, 5) is 24.4. The quantitative estimate of drug-likeness (QED) is 0.294. The summed E-state index contributed by atoms with van der Waals surface area (Å²) < 4.78 is 0. The van der Waals surface area contributed by atoms with Gasteiger partial charge in [-0.15, -0.1) is 10.1 Å². The van der Waals surface area contributed by atoms with Crippen molar-refractivity contribution in [1.82, 2.24) is 0 Å². The van der Waals surface area contributed by atoms with Crippen molar-refractivity contribution in [3.8, 4) is 0 Å². The van der Waals surface area contributed by atoms with Gasteiger partial charge < -0.3 is 0 Å². The molecule has 0 saturated heterocycles. The van der Waals surface area contributed by atoms with Crippen LogP contribution >= 0.6 is 0 Å². The predicted molar refractivity (Wildman–Crippen MR) is 17.2 cm³/mol. The van der Waals surface area contributed by atoms with Crippen molar-refractivity contribution in [2.75, 3.05) is 0 Å². The van der Waals surface area contributed by atoms with Crippen LogP contribution in [0.2, 0.25) is 0 Å². The van der Waals surface area contributed by atoms with Gasteiger partial charge in [0.25, 0.3) is 0 Å². The van der Waals surface area contributed by atoms with E-state index in [1.54, 1.807) is 0 Å². The number of nitrogens with zero attached hydrogens (tertiary/aromatic N) is 1. The average molecular weight is 123 g/mol. The molecule has 0 bridgehead atoms. The van der Waals surface area contributed by atoms with Crippen molar-refractivity contribution in [2.45, 2.75) is 0 Å². The van der Waals surface area contributed by atoms with E-state index >= 15 is 0 Å². The molecule has 0 aromatic rings. The number of carbonyl (C=O) groups excluding carboxylic acids is 1. The largest absolute Gasteiger partial charge is 0.516 e. The monoisotopic (exact) mass is 123 g/mol. The van der Waals surface area contributed by atoms with Crippen LogP contribution in [0.25, 0.3) is 0 Å². The Kier molecular flexibility index (Phi) is 2.28. The Hall–Kier alpha value is -1.37. The fraction of sp³-hybridized carbons (Fsp3) is 0. The van der Waals surface area contributed by atoms with Crippen molar-refractivity contribution in [2.24, 2.45) is 0 Å². The van der Waals surface area contributed by atoms with Crippen molar-refractivity contribution in [3.05, 3.63) is 10.1 Å². The second kappa shape index (κ2) is 2.75. The molecule has 7 nitrogen and oxygen atoms in total. The Balaban J connectivity index is 3.40. The fourth-order valence-corrected chi connectivity index (χ4v) is 0.0775. The van der Waals surface area contributed by atoms with E-state index in [9.17, 15) is 4.79 Å². The third-order valence-corrected chi connectivity index (χ3v) is 0.224. The van der Waals surface area contributed by atoms with E-state index in [2.05, 4.69) is 9.73 Å². The molecule has 0 atom stereocenters. The maximum atomic E-state index is 9.49. The molecule has 0 saturated carbocycles. The Morgan fingerprint density at radius 2 is 2.25 bits per heavy atom. The minimum absolute atomic E-state index is 1.40. The summed E-state index contributed by atoms with van der Waals surface area (Å²) in [6.07, 6.45) is -1.77. The zero-order chi connectivity index (χ0) is 6.57. The molecule has 0 spiro atoms. The Morgan fingerprint density at radius 1 is 1.75 bits per heavy atom. The molecule has 0 fully saturated rings. The zero-order valence-corrected chi connectivity index (χ0v) is 3.44. The van der Waals surface area contributed by atoms with Crippen LogP contribution in [-0.4, -0.2) is 16.5 Å². The highest BCUT2D eigenvalue weighted by Gasteiger charge is 2.05. The van der Waals surface area contributed by atoms with E-state index in [0.29, 0.717) is 0 Å². The van der Waals surface area contributed by atoms with Crippen LogP contribution in [0.3, 0.4) is 0 Å². The van der Waals surface area contributed by atoms with Crippen LogP contribution < -0.4 is 0 Å². The summed E-state index contributed by atoms with van der Waals surface area (Å²) in [6.45, 7) is 0. The molecule has 0 radical (unpaired) electrons. The summed E-state index contributed by atoms with van der Waals surface area (Å²) in [6, 6.07) is 0. The number of rotatable bonds is 1. The Bertz CT molecular complexity index is 107. The Morgan fingerprint density at radius 3 is 2.38 bits per heavy atom. The molecule has 0 aliphatic rings. The van der Waals surface area contributed by atoms with Gasteiger partial charge in [-0.05, 0) is 0 Å². The van der Waals surface area contributed by atoms with Gasteiger partial charge in [-0.1, -0.05) is 0 Å². The van der Waals surface area contributed by atoms with E-state index in [1.807, 2.05) is 0 Å². The smallest absolute Gasteiger partial charge is 0.274 e. The first kappa shape index (κ1) is 6.63. The summed E-state index contributed by atoms with van der Waals surface area (Å²) in [7, 11) is 0. The van der Waals surface area contributed by atoms with E-state index in [-0.39, 0.29) is 0 Å². The lowest BCUT2D eigenvalue weighted by Crippen LogP contribution is -2.09. The number of hydrogen-bond acceptors (Lipinski definition) is 6. The molecule has 7 heteroatoms. The van der Waals surface area contributed by atoms with E-state index < -0.39 is 11.2 Å². The SMILES string of the molecule is O=C(OO)O[N+](=O)[O-]. The molecule has 0 aliphatic carbocycles. The van der Waals surface area contributed by atoms with Gasteiger partial charge in [0.2, 0.25) is 0 Å². The summed E-state index contributed by atoms with van der Waals surface area (Å²) in [5, 5.41) is 15.0. The molecule has 0 aromatic heterocycles. The minimum Gasteiger partial charge on any atom is -0.274 e. The lowest BCUT2D eigenvalue weighted by molar-refractivity contribution is -0.733. The molecular weight excluding hydrogens is 122 g/mol. The maximum Gasteiger partial charge on any atom is 0.516 e. The van der Waals surface area contributed by atoms with Crippen LogP contribution in [0.1, 0.15) is 0 Å². The van der Waals surface area contributed by atoms with Crippen LogP contribution in [0.5, 0.6) is 0 Å². The molecule has 0 amide bonds. The molecule has 1 N–H and O–H groups in total. The summed E-state index contributed by atoms with van der Waals surface area (Å²) in [5.74, 6) is 0. The fourth-order valence-electron chi connectivity index (χ4n) is 0.0775. The molecular formula is CHNO6. The first-order chi connectivity index (χ1) is 3.66. The van der Waals surface area contributed by atoms with Crippen LogP contribution in [0.4, 0.5) is 4.79 Å². The van der Waals surface area contributed by atoms with E-state index in [1.165, 1.54) is 0 Å². The van der Waals surface area contributed by atoms with E-state index in [0.717, 1.165) is 0 Å². The lowest BCUT2D eigenvalue weighted by atomic mass is 11.4. The zero-order valence-electron chi connectivity index (χ0n) is 3.44. The third-order valence-electron chi connectivity index (χ3n) is 0.224. The molecule has 0 heterocycles. The molecule has 0 aromatic carbocycles. The van der Waals surface area contributed by atoms with Gasteiger partial charge in [-0.2, -0.15) is 10.1 Å². The first-order valence-corrected chi connectivity index (χ1v) is 1.34. The van der Waals surface area contributed by atoms with Gasteiger partial charge in [0.15, 0.2) is 0 Å². The van der Waals surface area contributed by atoms with Gasteiger partial charge in [-0.25, -0.2) is 4.79 Å². The highest BCUT2D eigenvalue weighted by Crippen LogP contribution is 1.79. The maximum absolute atomic E-state index is 9.49. The van der Waals surface area contributed by atoms with Crippen LogP contribution in [-0.2, 0) is 9.73 Å². The third kappa shape index (κ3) is 2.85. The molecule has 0 unspecified atom stereocenters. The van der Waals surface area contributed by atoms with Crippen molar-refractivity contribution >= 4 is 6.16 Å². The average Bonchev–Trinajstić information content (AvgIpc) is 1.65. The van der Waals surface area contributed by atoms with Gasteiger partial charge >= 0.3 is 11.2 Å². The minimum atomic E-state index is -1.77. The van der Waals surface area contributed by atoms with Crippen molar-refractivity contribution in [3.63, 3.8) is 0 Å². The van der Waals surface area contributed by atoms with Crippen molar-refractivity contribution < 1.29 is 24.9 Å². The standard InChI is InChI=1S/CHNO6/c3-1(8-6)7-2(4)5/h6H. The highest BCUT2D eigenvalue weighted by atomic mass is 17.2. The molecule has 46 valence electrons. The van der Waals surface area contributed by atoms with Crippen LogP contribution in [0.15, 0.2) is 0 Å². The van der Waals surface area contributed by atoms with E-state index in [4.69, 9.17) is 15.4 Å². The van der Waals surface area contributed by atoms with Gasteiger partial charge in [0, 0.05) is 0 Å². The first-order valence-electron chi connectivity index (χ1n) is 1.34. The number of hydrogen-bond donors (Lipinski definition) is 1. The summed E-state index contributed by atoms with van der Waals surface area (Å²) >= 11 is 0. The summed E-state index contributed by atoms with van der Waals surface area (Å²) in [5.41, 5.74) is 0. The van der Waals surface area contributed by atoms with Gasteiger partial charge in [0.1, 0.15) is 0 Å².